The molecule has 1 unspecified atom stereocenters. The van der Waals surface area contributed by atoms with E-state index in [1.807, 2.05) is 0 Å². The van der Waals surface area contributed by atoms with Gasteiger partial charge in [-0.05, 0) is 42.5 Å². The molecule has 0 spiro atoms. The van der Waals surface area contributed by atoms with Crippen LogP contribution in [0.5, 0.6) is 0 Å². The summed E-state index contributed by atoms with van der Waals surface area (Å²) >= 11 is 1.15. The van der Waals surface area contributed by atoms with E-state index in [9.17, 15) is 18.8 Å². The molecule has 2 aromatic rings. The summed E-state index contributed by atoms with van der Waals surface area (Å²) in [5.41, 5.74) is 6.20. The van der Waals surface area contributed by atoms with E-state index in [1.165, 1.54) is 25.1 Å². The predicted octanol–water partition coefficient (Wildman–Crippen LogP) is 2.49. The minimum absolute atomic E-state index is 0.0643. The number of anilines is 1. The van der Waals surface area contributed by atoms with Crippen molar-refractivity contribution in [3.8, 4) is 0 Å². The highest BCUT2D eigenvalue weighted by Crippen LogP contribution is 2.23. The number of hydrogen-bond donors (Lipinski definition) is 2. The molecule has 1 heterocycles. The maximum Gasteiger partial charge on any atom is 0.306 e. The summed E-state index contributed by atoms with van der Waals surface area (Å²) < 4.78 is 17.9. The Bertz CT molecular complexity index is 773. The van der Waals surface area contributed by atoms with E-state index in [4.69, 9.17) is 10.5 Å². The number of carbonyl (C=O) groups is 3. The van der Waals surface area contributed by atoms with E-state index >= 15 is 0 Å². The molecule has 0 radical (unpaired) electrons. The lowest BCUT2D eigenvalue weighted by Gasteiger charge is -2.13. The number of ether oxygens (including phenoxy) is 1. The SMILES string of the molecule is CC(OC(=O)CCc1ccc(F)cc1)C(=O)Nc1sccc1C(N)=O. The molecule has 1 aromatic carbocycles. The summed E-state index contributed by atoms with van der Waals surface area (Å²) in [5.74, 6) is -2.10. The van der Waals surface area contributed by atoms with Crippen LogP contribution >= 0.6 is 11.3 Å². The average Bonchev–Trinajstić information content (AvgIpc) is 3.02. The van der Waals surface area contributed by atoms with Gasteiger partial charge in [-0.2, -0.15) is 0 Å². The number of nitrogens with two attached hydrogens (primary N) is 1. The van der Waals surface area contributed by atoms with Gasteiger partial charge in [0, 0.05) is 6.42 Å². The molecule has 0 bridgehead atoms. The van der Waals surface area contributed by atoms with Crippen molar-refractivity contribution in [2.24, 2.45) is 5.73 Å². The first-order valence-corrected chi connectivity index (χ1v) is 8.37. The number of rotatable bonds is 7. The summed E-state index contributed by atoms with van der Waals surface area (Å²) in [4.78, 5) is 35.1. The minimum Gasteiger partial charge on any atom is -0.453 e. The second-order valence-electron chi connectivity index (χ2n) is 5.28. The lowest BCUT2D eigenvalue weighted by atomic mass is 10.1. The van der Waals surface area contributed by atoms with Gasteiger partial charge in [0.1, 0.15) is 10.8 Å². The van der Waals surface area contributed by atoms with Crippen molar-refractivity contribution in [1.82, 2.24) is 0 Å². The molecule has 1 atom stereocenters. The first-order chi connectivity index (χ1) is 11.9. The van der Waals surface area contributed by atoms with Crippen molar-refractivity contribution in [3.05, 3.63) is 52.7 Å². The van der Waals surface area contributed by atoms with Crippen LogP contribution in [0.4, 0.5) is 9.39 Å². The predicted molar refractivity (Wildman–Crippen MR) is 91.7 cm³/mol. The molecule has 8 heteroatoms. The molecule has 6 nitrogen and oxygen atoms in total. The van der Waals surface area contributed by atoms with Crippen LogP contribution in [0.25, 0.3) is 0 Å². The van der Waals surface area contributed by atoms with Crippen molar-refractivity contribution in [1.29, 1.82) is 0 Å². The fourth-order valence-corrected chi connectivity index (χ4v) is 2.82. The molecule has 25 heavy (non-hydrogen) atoms. The Labute approximate surface area is 147 Å². The third-order valence-electron chi connectivity index (χ3n) is 3.38. The van der Waals surface area contributed by atoms with E-state index in [0.29, 0.717) is 11.4 Å². The van der Waals surface area contributed by atoms with E-state index < -0.39 is 23.9 Å². The lowest BCUT2D eigenvalue weighted by molar-refractivity contribution is -0.153. The topological polar surface area (TPSA) is 98.5 Å². The molecule has 2 amide bonds. The number of amides is 2. The Balaban J connectivity index is 1.83. The molecule has 0 aliphatic heterocycles. The number of hydrogen-bond acceptors (Lipinski definition) is 5. The zero-order valence-electron chi connectivity index (χ0n) is 13.5. The van der Waals surface area contributed by atoms with Crippen LogP contribution in [-0.2, 0) is 20.7 Å². The van der Waals surface area contributed by atoms with E-state index in [1.54, 1.807) is 17.5 Å². The van der Waals surface area contributed by atoms with Crippen molar-refractivity contribution in [2.45, 2.75) is 25.9 Å². The Kier molecular flexibility index (Phi) is 6.24. The van der Waals surface area contributed by atoms with Gasteiger partial charge < -0.3 is 15.8 Å². The molecule has 0 saturated carbocycles. The number of primary amides is 1. The fraction of sp³-hybridized carbons (Fsp3) is 0.235. The number of esters is 1. The minimum atomic E-state index is -1.02. The lowest BCUT2D eigenvalue weighted by Crippen LogP contribution is -2.30. The average molecular weight is 364 g/mol. The van der Waals surface area contributed by atoms with Crippen LogP contribution in [0.1, 0.15) is 29.3 Å². The van der Waals surface area contributed by atoms with Crippen LogP contribution in [0.15, 0.2) is 35.7 Å². The third-order valence-corrected chi connectivity index (χ3v) is 4.21. The summed E-state index contributed by atoms with van der Waals surface area (Å²) in [5, 5.41) is 4.45. The number of halogens is 1. The zero-order valence-corrected chi connectivity index (χ0v) is 14.3. The van der Waals surface area contributed by atoms with Gasteiger partial charge >= 0.3 is 5.97 Å². The van der Waals surface area contributed by atoms with Gasteiger partial charge in [0.2, 0.25) is 0 Å². The van der Waals surface area contributed by atoms with Crippen molar-refractivity contribution >= 4 is 34.1 Å². The van der Waals surface area contributed by atoms with Gasteiger partial charge in [-0.15, -0.1) is 11.3 Å². The molecule has 0 aliphatic rings. The summed E-state index contributed by atoms with van der Waals surface area (Å²) in [6.45, 7) is 1.43. The number of benzene rings is 1. The fourth-order valence-electron chi connectivity index (χ4n) is 2.02. The van der Waals surface area contributed by atoms with Gasteiger partial charge in [0.15, 0.2) is 6.10 Å². The summed E-state index contributed by atoms with van der Waals surface area (Å²) in [6.07, 6.45) is -0.581. The molecule has 2 rings (SSSR count). The van der Waals surface area contributed by atoms with Crippen LogP contribution in [0.2, 0.25) is 0 Å². The van der Waals surface area contributed by atoms with E-state index in [-0.39, 0.29) is 17.8 Å². The number of nitrogens with one attached hydrogen (secondary N) is 1. The van der Waals surface area contributed by atoms with Crippen LogP contribution in [0, 0.1) is 5.82 Å². The molecule has 1 aromatic heterocycles. The molecular weight excluding hydrogens is 347 g/mol. The number of carbonyl (C=O) groups excluding carboxylic acids is 3. The highest BCUT2D eigenvalue weighted by molar-refractivity contribution is 7.14. The first-order valence-electron chi connectivity index (χ1n) is 7.49. The maximum absolute atomic E-state index is 12.8. The largest absolute Gasteiger partial charge is 0.453 e. The third kappa shape index (κ3) is 5.39. The molecular formula is C17H17FN2O4S. The van der Waals surface area contributed by atoms with Crippen molar-refractivity contribution < 1.29 is 23.5 Å². The number of thiophene rings is 1. The molecule has 132 valence electrons. The van der Waals surface area contributed by atoms with E-state index in [2.05, 4.69) is 5.32 Å². The summed E-state index contributed by atoms with van der Waals surface area (Å²) in [7, 11) is 0. The standard InChI is InChI=1S/C17H17FN2O4S/c1-10(16(23)20-17-13(15(19)22)8-9-25-17)24-14(21)7-4-11-2-5-12(18)6-3-11/h2-3,5-6,8-10H,4,7H2,1H3,(H2,19,22)(H,20,23). The maximum atomic E-state index is 12.8. The molecule has 3 N–H and O–H groups in total. The zero-order chi connectivity index (χ0) is 18.4. The highest BCUT2D eigenvalue weighted by Gasteiger charge is 2.20. The Hall–Kier alpha value is -2.74. The summed E-state index contributed by atoms with van der Waals surface area (Å²) in [6, 6.07) is 7.30. The van der Waals surface area contributed by atoms with Crippen LogP contribution in [0.3, 0.4) is 0 Å². The molecule has 0 aliphatic carbocycles. The molecule has 0 saturated heterocycles. The van der Waals surface area contributed by atoms with Gasteiger partial charge in [0.05, 0.1) is 5.56 Å². The Morgan fingerprint density at radius 1 is 1.24 bits per heavy atom. The molecule has 0 fully saturated rings. The quantitative estimate of drug-likeness (QED) is 0.738. The number of aryl methyl sites for hydroxylation is 1. The van der Waals surface area contributed by atoms with Crippen molar-refractivity contribution in [3.63, 3.8) is 0 Å². The first kappa shape index (κ1) is 18.6. The van der Waals surface area contributed by atoms with Gasteiger partial charge in [-0.1, -0.05) is 12.1 Å². The smallest absolute Gasteiger partial charge is 0.306 e. The Morgan fingerprint density at radius 3 is 2.56 bits per heavy atom. The van der Waals surface area contributed by atoms with E-state index in [0.717, 1.165) is 16.9 Å². The Morgan fingerprint density at radius 2 is 1.92 bits per heavy atom. The second kappa shape index (κ2) is 8.39. The van der Waals surface area contributed by atoms with Gasteiger partial charge in [0.25, 0.3) is 11.8 Å². The van der Waals surface area contributed by atoms with Crippen LogP contribution < -0.4 is 11.1 Å². The second-order valence-corrected chi connectivity index (χ2v) is 6.19. The normalized spacial score (nSPS) is 11.6. The van der Waals surface area contributed by atoms with Gasteiger partial charge in [-0.3, -0.25) is 14.4 Å². The van der Waals surface area contributed by atoms with Crippen molar-refractivity contribution in [2.75, 3.05) is 5.32 Å². The van der Waals surface area contributed by atoms with Crippen LogP contribution in [-0.4, -0.2) is 23.9 Å². The highest BCUT2D eigenvalue weighted by atomic mass is 32.1. The van der Waals surface area contributed by atoms with Gasteiger partial charge in [-0.25, -0.2) is 4.39 Å². The monoisotopic (exact) mass is 364 g/mol.